The summed E-state index contributed by atoms with van der Waals surface area (Å²) < 4.78 is 0. The van der Waals surface area contributed by atoms with E-state index in [1.165, 1.54) is 24.0 Å². The molecule has 1 aromatic carbocycles. The Labute approximate surface area is 146 Å². The highest BCUT2D eigenvalue weighted by molar-refractivity contribution is 5.78. The van der Waals surface area contributed by atoms with Crippen LogP contribution in [0, 0.1) is 0 Å². The van der Waals surface area contributed by atoms with Gasteiger partial charge in [0.05, 0.1) is 0 Å². The highest BCUT2D eigenvalue weighted by Gasteiger charge is 2.18. The molecule has 4 nitrogen and oxygen atoms in total. The summed E-state index contributed by atoms with van der Waals surface area (Å²) in [4.78, 5) is 11.6. The number of anilines is 1. The molecular weight excluding hydrogens is 300 g/mol. The first kappa shape index (κ1) is 20.5. The van der Waals surface area contributed by atoms with Crippen LogP contribution in [0.5, 0.6) is 0 Å². The summed E-state index contributed by atoms with van der Waals surface area (Å²) in [6.07, 6.45) is 8.99. The Balaban J connectivity index is 2.94. The molecule has 1 atom stereocenters. The lowest BCUT2D eigenvalue weighted by atomic mass is 9.95. The average molecular weight is 335 g/mol. The van der Waals surface area contributed by atoms with Crippen molar-refractivity contribution in [3.05, 3.63) is 29.3 Å². The minimum absolute atomic E-state index is 0.543. The summed E-state index contributed by atoms with van der Waals surface area (Å²) in [7, 11) is 0. The van der Waals surface area contributed by atoms with Crippen LogP contribution in [0.2, 0.25) is 0 Å². The third-order valence-corrected chi connectivity index (χ3v) is 4.43. The number of hydrogen-bond donors (Lipinski definition) is 3. The lowest BCUT2D eigenvalue weighted by molar-refractivity contribution is -0.138. The van der Waals surface area contributed by atoms with E-state index in [2.05, 4.69) is 25.2 Å². The van der Waals surface area contributed by atoms with Gasteiger partial charge < -0.3 is 16.2 Å². The molecule has 24 heavy (non-hydrogen) atoms. The Kier molecular flexibility index (Phi) is 10.2. The molecule has 1 rings (SSSR count). The van der Waals surface area contributed by atoms with Gasteiger partial charge in [-0.25, -0.2) is 4.79 Å². The second-order valence-corrected chi connectivity index (χ2v) is 6.47. The zero-order valence-electron chi connectivity index (χ0n) is 15.3. The first-order valence-electron chi connectivity index (χ1n) is 9.44. The molecule has 0 saturated carbocycles. The van der Waals surface area contributed by atoms with Gasteiger partial charge in [-0.15, -0.1) is 0 Å². The number of carboxylic acids is 1. The number of hydrogen-bond acceptors (Lipinski definition) is 3. The fourth-order valence-corrected chi connectivity index (χ4v) is 2.96. The first-order valence-corrected chi connectivity index (χ1v) is 9.44. The standard InChI is InChI=1S/C20H34N2O2/c1-3-5-10-16-11-9-14-18(17(16)12-6-4-2)22-19(20(23)24)13-7-8-15-21/h9,11,14,19,22H,3-8,10,12-13,15,21H2,1-2H3,(H,23,24). The number of nitrogens with two attached hydrogens (primary N) is 1. The van der Waals surface area contributed by atoms with Crippen molar-refractivity contribution in [1.29, 1.82) is 0 Å². The highest BCUT2D eigenvalue weighted by Crippen LogP contribution is 2.25. The van der Waals surface area contributed by atoms with E-state index in [9.17, 15) is 9.90 Å². The van der Waals surface area contributed by atoms with E-state index in [1.54, 1.807) is 0 Å². The Morgan fingerprint density at radius 3 is 2.46 bits per heavy atom. The van der Waals surface area contributed by atoms with Crippen molar-refractivity contribution < 1.29 is 9.90 Å². The lowest BCUT2D eigenvalue weighted by Crippen LogP contribution is -2.30. The van der Waals surface area contributed by atoms with Gasteiger partial charge in [0, 0.05) is 5.69 Å². The van der Waals surface area contributed by atoms with Gasteiger partial charge in [0.15, 0.2) is 0 Å². The molecule has 1 unspecified atom stereocenters. The van der Waals surface area contributed by atoms with Crippen molar-refractivity contribution in [2.75, 3.05) is 11.9 Å². The zero-order chi connectivity index (χ0) is 17.8. The molecule has 0 aliphatic heterocycles. The lowest BCUT2D eigenvalue weighted by Gasteiger charge is -2.21. The Hall–Kier alpha value is -1.55. The van der Waals surface area contributed by atoms with Crippen LogP contribution >= 0.6 is 0 Å². The summed E-state index contributed by atoms with van der Waals surface area (Å²) in [5, 5.41) is 12.8. The van der Waals surface area contributed by atoms with Gasteiger partial charge in [-0.2, -0.15) is 0 Å². The van der Waals surface area contributed by atoms with Gasteiger partial charge in [0.25, 0.3) is 0 Å². The van der Waals surface area contributed by atoms with Crippen LogP contribution in [0.1, 0.15) is 69.9 Å². The molecule has 0 amide bonds. The van der Waals surface area contributed by atoms with Crippen molar-refractivity contribution >= 4 is 11.7 Å². The van der Waals surface area contributed by atoms with Crippen LogP contribution in [0.25, 0.3) is 0 Å². The maximum Gasteiger partial charge on any atom is 0.326 e. The number of nitrogens with one attached hydrogen (secondary N) is 1. The number of rotatable bonds is 13. The fraction of sp³-hybridized carbons (Fsp3) is 0.650. The smallest absolute Gasteiger partial charge is 0.326 e. The van der Waals surface area contributed by atoms with E-state index < -0.39 is 12.0 Å². The van der Waals surface area contributed by atoms with Gasteiger partial charge >= 0.3 is 5.97 Å². The molecule has 0 fully saturated rings. The molecule has 0 aliphatic rings. The molecule has 0 saturated heterocycles. The van der Waals surface area contributed by atoms with Crippen molar-refractivity contribution in [3.8, 4) is 0 Å². The van der Waals surface area contributed by atoms with E-state index in [0.29, 0.717) is 13.0 Å². The predicted octanol–water partition coefficient (Wildman–Crippen LogP) is 4.37. The Bertz CT molecular complexity index is 489. The van der Waals surface area contributed by atoms with E-state index in [-0.39, 0.29) is 0 Å². The number of aliphatic carboxylic acids is 1. The summed E-state index contributed by atoms with van der Waals surface area (Å²) in [5.41, 5.74) is 9.18. The largest absolute Gasteiger partial charge is 0.480 e. The highest BCUT2D eigenvalue weighted by atomic mass is 16.4. The molecule has 4 N–H and O–H groups in total. The monoisotopic (exact) mass is 334 g/mol. The number of unbranched alkanes of at least 4 members (excludes halogenated alkanes) is 3. The van der Waals surface area contributed by atoms with Crippen LogP contribution in [-0.4, -0.2) is 23.7 Å². The second kappa shape index (κ2) is 11.9. The maximum atomic E-state index is 11.6. The predicted molar refractivity (Wildman–Crippen MR) is 102 cm³/mol. The fourth-order valence-electron chi connectivity index (χ4n) is 2.96. The van der Waals surface area contributed by atoms with E-state index in [1.807, 2.05) is 12.1 Å². The van der Waals surface area contributed by atoms with Gasteiger partial charge in [-0.1, -0.05) is 38.8 Å². The van der Waals surface area contributed by atoms with Crippen LogP contribution in [-0.2, 0) is 17.6 Å². The molecule has 1 aromatic rings. The summed E-state index contributed by atoms with van der Waals surface area (Å²) in [5.74, 6) is -0.785. The molecular formula is C20H34N2O2. The minimum Gasteiger partial charge on any atom is -0.480 e. The van der Waals surface area contributed by atoms with Crippen LogP contribution in [0.4, 0.5) is 5.69 Å². The van der Waals surface area contributed by atoms with Gasteiger partial charge in [-0.3, -0.25) is 0 Å². The molecule has 0 spiro atoms. The van der Waals surface area contributed by atoms with Crippen LogP contribution < -0.4 is 11.1 Å². The zero-order valence-corrected chi connectivity index (χ0v) is 15.3. The van der Waals surface area contributed by atoms with Crippen LogP contribution in [0.3, 0.4) is 0 Å². The molecule has 0 bridgehead atoms. The van der Waals surface area contributed by atoms with Gasteiger partial charge in [0.2, 0.25) is 0 Å². The number of benzene rings is 1. The number of aryl methyl sites for hydroxylation is 1. The van der Waals surface area contributed by atoms with E-state index in [4.69, 9.17) is 5.73 Å². The summed E-state index contributed by atoms with van der Waals surface area (Å²) in [6.45, 7) is 5.00. The van der Waals surface area contributed by atoms with E-state index in [0.717, 1.165) is 44.2 Å². The quantitative estimate of drug-likeness (QED) is 0.468. The molecule has 0 aliphatic carbocycles. The number of carbonyl (C=O) groups is 1. The molecule has 4 heteroatoms. The van der Waals surface area contributed by atoms with Gasteiger partial charge in [-0.05, 0) is 68.7 Å². The van der Waals surface area contributed by atoms with Crippen molar-refractivity contribution in [3.63, 3.8) is 0 Å². The van der Waals surface area contributed by atoms with Crippen molar-refractivity contribution in [2.45, 2.75) is 77.7 Å². The molecule has 0 aromatic heterocycles. The Morgan fingerprint density at radius 1 is 1.12 bits per heavy atom. The second-order valence-electron chi connectivity index (χ2n) is 6.47. The third-order valence-electron chi connectivity index (χ3n) is 4.43. The average Bonchev–Trinajstić information content (AvgIpc) is 2.58. The normalized spacial score (nSPS) is 12.1. The summed E-state index contributed by atoms with van der Waals surface area (Å²) in [6, 6.07) is 5.72. The van der Waals surface area contributed by atoms with Crippen molar-refractivity contribution in [1.82, 2.24) is 0 Å². The Morgan fingerprint density at radius 2 is 1.83 bits per heavy atom. The molecule has 136 valence electrons. The third kappa shape index (κ3) is 6.91. The topological polar surface area (TPSA) is 75.3 Å². The van der Waals surface area contributed by atoms with E-state index >= 15 is 0 Å². The minimum atomic E-state index is -0.785. The maximum absolute atomic E-state index is 11.6. The number of carboxylic acid groups (broad SMARTS) is 1. The molecule has 0 radical (unpaired) electrons. The summed E-state index contributed by atoms with van der Waals surface area (Å²) >= 11 is 0. The van der Waals surface area contributed by atoms with Gasteiger partial charge in [0.1, 0.15) is 6.04 Å². The first-order chi connectivity index (χ1) is 11.6. The SMILES string of the molecule is CCCCc1cccc(NC(CCCCN)C(=O)O)c1CCCC. The molecule has 0 heterocycles. The van der Waals surface area contributed by atoms with Crippen molar-refractivity contribution in [2.24, 2.45) is 5.73 Å². The van der Waals surface area contributed by atoms with Crippen LogP contribution in [0.15, 0.2) is 18.2 Å².